The molecule has 2 aliphatic heterocycles. The van der Waals surface area contributed by atoms with Gasteiger partial charge in [0.1, 0.15) is 33.2 Å². The Morgan fingerprint density at radius 2 is 0.918 bits per heavy atom. The number of esters is 2. The highest BCUT2D eigenvalue weighted by atomic mass is 32.1. The summed E-state index contributed by atoms with van der Waals surface area (Å²) >= 11 is 2.94. The van der Waals surface area contributed by atoms with Gasteiger partial charge in [-0.1, -0.05) is 158 Å². The van der Waals surface area contributed by atoms with E-state index in [0.717, 1.165) is 130 Å². The Morgan fingerprint density at radius 3 is 1.32 bits per heavy atom. The second-order valence-electron chi connectivity index (χ2n) is 27.5. The molecule has 494 valence electrons. The van der Waals surface area contributed by atoms with Crippen molar-refractivity contribution in [1.82, 2.24) is 29.6 Å². The van der Waals surface area contributed by atoms with Gasteiger partial charge in [0.05, 0.1) is 65.7 Å². The zero-order valence-electron chi connectivity index (χ0n) is 57.0. The molecule has 0 unspecified atom stereocenters. The first kappa shape index (κ1) is 67.9. The van der Waals surface area contributed by atoms with Gasteiger partial charge in [-0.3, -0.25) is 29.8 Å². The topological polar surface area (TPSA) is 209 Å². The Bertz CT molecular complexity index is 4790. The number of nitrogens with one attached hydrogen (secondary N) is 2. The SMILES string of the molecule is [C-]#[N+]/C(c1nc2cc(C(C)(C)C)ccc2s1)=c1\c2c(-c3ccc(OC(=O)c4ccc5c(c4)C(=O)NC5=O)cc3)n(B(CCCC)CCCC)/c(=C(/C#N)c3nc4cc(C(C)(C)C)ccc4s3)c2c(-c2ccc(OC(=O)c3ccc4c(c3)C(=O)NC4=O)cc2)n1B(CCCC)CCCC. The molecule has 20 heteroatoms. The molecule has 0 spiro atoms. The first-order valence-electron chi connectivity index (χ1n) is 33.9. The Morgan fingerprint density at radius 1 is 0.531 bits per heavy atom. The molecule has 16 nitrogen and oxygen atoms in total. The van der Waals surface area contributed by atoms with E-state index in [2.05, 4.69) is 136 Å². The summed E-state index contributed by atoms with van der Waals surface area (Å²) in [6.07, 6.45) is 9.96. The number of thiazole rings is 2. The molecular formula is C78H76B2N8O8S2. The van der Waals surface area contributed by atoms with Crippen LogP contribution in [0.25, 0.3) is 69.8 Å². The minimum Gasteiger partial charge on any atom is -0.423 e. The molecule has 0 fully saturated rings. The Labute approximate surface area is 578 Å². The van der Waals surface area contributed by atoms with Crippen LogP contribution in [0.3, 0.4) is 0 Å². The van der Waals surface area contributed by atoms with Crippen LogP contribution in [0.1, 0.15) is 204 Å². The summed E-state index contributed by atoms with van der Waals surface area (Å²) in [6, 6.07) is 38.7. The van der Waals surface area contributed by atoms with Gasteiger partial charge in [0.15, 0.2) is 0 Å². The third-order valence-electron chi connectivity index (χ3n) is 18.7. The minimum atomic E-state index is -0.731. The highest BCUT2D eigenvalue weighted by Crippen LogP contribution is 2.42. The van der Waals surface area contributed by atoms with E-state index in [1.807, 2.05) is 24.3 Å². The van der Waals surface area contributed by atoms with Crippen molar-refractivity contribution in [1.29, 1.82) is 5.26 Å². The molecule has 0 aliphatic carbocycles. The average molecular weight is 1340 g/mol. The number of carbonyl (C=O) groups excluding carboxylic acids is 6. The molecule has 2 aliphatic rings. The van der Waals surface area contributed by atoms with Gasteiger partial charge in [0.2, 0.25) is 5.70 Å². The van der Waals surface area contributed by atoms with Gasteiger partial charge in [0, 0.05) is 27.5 Å². The molecule has 0 saturated carbocycles. The van der Waals surface area contributed by atoms with Gasteiger partial charge in [-0.15, -0.1) is 22.7 Å². The maximum absolute atomic E-state index is 14.1. The normalized spacial score (nSPS) is 13.5. The zero-order valence-corrected chi connectivity index (χ0v) is 58.6. The summed E-state index contributed by atoms with van der Waals surface area (Å²) in [7, 11) is 0. The van der Waals surface area contributed by atoms with Crippen LogP contribution >= 0.6 is 22.7 Å². The molecule has 0 saturated heterocycles. The standard InChI is InChI=1S/C78H76B2N8O8S2/c1-12-16-36-79(37-17-13-2)87-66(46-22-30-52(31-23-46)96-76(94)48-25-33-54-56(41-48)72(92)86-70(54)90)63-62(67(87)57(44-81)73-83-58-42-49(77(5,6)7)26-34-60(58)97-73)65(45-20-28-51(29-21-45)95-75(93)47-24-32-53-55(40-47)71(91)85-69(53)89)88(80(38-18-14-3)39-19-15-4)68(63)64(82-11)74-84-59-43-50(78(8,9)10)27-35-61(59)98-74/h20-35,40-43H,12-19,36-39H2,1-10H3,(H,85,89,91)(H,86,90,92)/b67-57-,68-64+. The van der Waals surface area contributed by atoms with Crippen LogP contribution in [0.5, 0.6) is 11.5 Å². The molecule has 12 rings (SSSR count). The zero-order chi connectivity index (χ0) is 69.5. The summed E-state index contributed by atoms with van der Waals surface area (Å²) in [6.45, 7) is 31.0. The van der Waals surface area contributed by atoms with Crippen LogP contribution in [0, 0.1) is 17.9 Å². The summed E-state index contributed by atoms with van der Waals surface area (Å²) in [5.41, 5.74) is 7.66. The van der Waals surface area contributed by atoms with Crippen LogP contribution in [0.15, 0.2) is 121 Å². The summed E-state index contributed by atoms with van der Waals surface area (Å²) in [5, 5.41) is 20.8. The Hall–Kier alpha value is -10.0. The van der Waals surface area contributed by atoms with Gasteiger partial charge in [-0.05, 0) is 142 Å². The fourth-order valence-electron chi connectivity index (χ4n) is 13.4. The van der Waals surface area contributed by atoms with Crippen LogP contribution in [-0.2, 0) is 10.8 Å². The number of hydrogen-bond acceptors (Lipinski definition) is 13. The van der Waals surface area contributed by atoms with Crippen LogP contribution in [-0.4, -0.2) is 68.2 Å². The van der Waals surface area contributed by atoms with E-state index in [4.69, 9.17) is 19.4 Å². The fourth-order valence-corrected chi connectivity index (χ4v) is 15.3. The van der Waals surface area contributed by atoms with E-state index >= 15 is 0 Å². The van der Waals surface area contributed by atoms with Gasteiger partial charge in [-0.2, -0.15) is 5.26 Å². The number of aromatic nitrogens is 4. The Balaban J connectivity index is 1.23. The van der Waals surface area contributed by atoms with Gasteiger partial charge in [0.25, 0.3) is 37.3 Å². The predicted molar refractivity (Wildman–Crippen MR) is 391 cm³/mol. The van der Waals surface area contributed by atoms with E-state index in [0.29, 0.717) is 43.1 Å². The second-order valence-corrected chi connectivity index (χ2v) is 29.6. The lowest BCUT2D eigenvalue weighted by atomic mass is 9.53. The molecular weight excluding hydrogens is 1260 g/mol. The molecule has 4 aromatic heterocycles. The van der Waals surface area contributed by atoms with Crippen molar-refractivity contribution in [3.8, 4) is 40.1 Å². The number of benzene rings is 6. The monoisotopic (exact) mass is 1340 g/mol. The lowest BCUT2D eigenvalue weighted by Crippen LogP contribution is -2.38. The first-order chi connectivity index (χ1) is 47.1. The molecule has 6 aromatic carbocycles. The van der Waals surface area contributed by atoms with E-state index in [-0.39, 0.29) is 69.4 Å². The van der Waals surface area contributed by atoms with Crippen molar-refractivity contribution in [3.05, 3.63) is 198 Å². The smallest absolute Gasteiger partial charge is 0.343 e. The summed E-state index contributed by atoms with van der Waals surface area (Å²) in [5.74, 6) is -3.30. The maximum atomic E-state index is 14.1. The van der Waals surface area contributed by atoms with Crippen molar-refractivity contribution >= 4 is 114 Å². The van der Waals surface area contributed by atoms with Crippen molar-refractivity contribution in [2.45, 2.75) is 157 Å². The number of nitriles is 1. The molecule has 2 N–H and O–H groups in total. The highest BCUT2D eigenvalue weighted by molar-refractivity contribution is 7.20. The number of unbranched alkanes of at least 4 members (excludes halogenated alkanes) is 4. The quantitative estimate of drug-likeness (QED) is 0.0214. The van der Waals surface area contributed by atoms with Gasteiger partial charge < -0.3 is 18.4 Å². The number of nitrogens with zero attached hydrogens (tertiary/aromatic N) is 6. The molecule has 0 radical (unpaired) electrons. The number of amides is 4. The largest absolute Gasteiger partial charge is 0.423 e. The molecule has 6 heterocycles. The molecule has 4 amide bonds. The van der Waals surface area contributed by atoms with Gasteiger partial charge >= 0.3 is 11.9 Å². The van der Waals surface area contributed by atoms with Crippen LogP contribution in [0.2, 0.25) is 25.3 Å². The molecule has 0 bridgehead atoms. The van der Waals surface area contributed by atoms with E-state index in [9.17, 15) is 40.6 Å². The maximum Gasteiger partial charge on any atom is 0.343 e. The fraction of sp³-hybridized carbons (Fsp3) is 0.308. The number of carbonyl (C=O) groups is 6. The van der Waals surface area contributed by atoms with E-state index < -0.39 is 35.6 Å². The predicted octanol–water partition coefficient (Wildman–Crippen LogP) is 16.5. The summed E-state index contributed by atoms with van der Waals surface area (Å²) < 4.78 is 18.8. The van der Waals surface area contributed by atoms with E-state index in [1.165, 1.54) is 59.1 Å². The molecule has 98 heavy (non-hydrogen) atoms. The second kappa shape index (κ2) is 27.8. The van der Waals surface area contributed by atoms with E-state index in [1.54, 1.807) is 24.3 Å². The number of ether oxygens (including phenoxy) is 2. The average Bonchev–Trinajstić information content (AvgIpc) is 1.53. The molecule has 10 aromatic rings. The highest BCUT2D eigenvalue weighted by Gasteiger charge is 2.37. The number of fused-ring (bicyclic) bond motifs is 5. The number of rotatable bonds is 22. The number of imide groups is 2. The first-order valence-corrected chi connectivity index (χ1v) is 35.5. The van der Waals surface area contributed by atoms with Crippen LogP contribution < -0.4 is 30.8 Å². The van der Waals surface area contributed by atoms with Crippen molar-refractivity contribution in [2.75, 3.05) is 0 Å². The van der Waals surface area contributed by atoms with Crippen molar-refractivity contribution in [3.63, 3.8) is 0 Å². The lowest BCUT2D eigenvalue weighted by molar-refractivity contribution is 0.0725. The lowest BCUT2D eigenvalue weighted by Gasteiger charge is -2.24. The third-order valence-corrected chi connectivity index (χ3v) is 20.8. The van der Waals surface area contributed by atoms with Crippen molar-refractivity contribution in [2.24, 2.45) is 0 Å². The molecule has 0 atom stereocenters. The van der Waals surface area contributed by atoms with Crippen LogP contribution in [0.4, 0.5) is 0 Å². The summed E-state index contributed by atoms with van der Waals surface area (Å²) in [4.78, 5) is 94.2. The van der Waals surface area contributed by atoms with Crippen molar-refractivity contribution < 1.29 is 38.2 Å². The van der Waals surface area contributed by atoms with Gasteiger partial charge in [-0.25, -0.2) is 24.4 Å². The minimum absolute atomic E-state index is 0.0852. The number of hydrogen-bond donors (Lipinski definition) is 2. The third kappa shape index (κ3) is 13.1. The Kier molecular flexibility index (Phi) is 19.3.